The monoisotopic (exact) mass is 727 g/mol. The van der Waals surface area contributed by atoms with Crippen molar-refractivity contribution in [1.82, 2.24) is 14.9 Å². The number of carbonyl (C=O) groups excluding carboxylic acids is 1. The van der Waals surface area contributed by atoms with Gasteiger partial charge in [0.05, 0.1) is 10.5 Å². The van der Waals surface area contributed by atoms with E-state index >= 15 is 4.39 Å². The summed E-state index contributed by atoms with van der Waals surface area (Å²) in [5, 5.41) is 16.5. The van der Waals surface area contributed by atoms with Gasteiger partial charge < -0.3 is 15.7 Å². The molecular formula is C41H40F3N3O4S. The zero-order valence-electron chi connectivity index (χ0n) is 28.6. The Kier molecular flexibility index (Phi) is 11.1. The molecule has 0 saturated carbocycles. The van der Waals surface area contributed by atoms with Gasteiger partial charge in [-0.05, 0) is 103 Å². The van der Waals surface area contributed by atoms with Crippen LogP contribution in [0.1, 0.15) is 52.4 Å². The first-order valence-electron chi connectivity index (χ1n) is 17.2. The number of carbonyl (C=O) groups is 1. The van der Waals surface area contributed by atoms with Crippen molar-refractivity contribution in [1.29, 1.82) is 0 Å². The minimum absolute atomic E-state index is 0.0328. The lowest BCUT2D eigenvalue weighted by Gasteiger charge is -2.41. The molecule has 1 heterocycles. The van der Waals surface area contributed by atoms with Crippen LogP contribution in [-0.4, -0.2) is 55.5 Å². The van der Waals surface area contributed by atoms with Crippen molar-refractivity contribution in [3.8, 4) is 5.75 Å². The highest BCUT2D eigenvalue weighted by molar-refractivity contribution is 7.89. The van der Waals surface area contributed by atoms with Crippen LogP contribution in [0, 0.1) is 17.5 Å². The first kappa shape index (κ1) is 36.8. The molecule has 52 heavy (non-hydrogen) atoms. The van der Waals surface area contributed by atoms with Crippen molar-refractivity contribution in [3.63, 3.8) is 0 Å². The molecule has 5 aromatic carbocycles. The molecule has 270 valence electrons. The number of rotatable bonds is 12. The summed E-state index contributed by atoms with van der Waals surface area (Å²) in [5.74, 6) is -2.20. The van der Waals surface area contributed by atoms with Crippen LogP contribution in [-0.2, 0) is 21.9 Å². The predicted molar refractivity (Wildman–Crippen MR) is 194 cm³/mol. The summed E-state index contributed by atoms with van der Waals surface area (Å²) < 4.78 is 74.6. The van der Waals surface area contributed by atoms with E-state index in [0.29, 0.717) is 35.3 Å². The van der Waals surface area contributed by atoms with Gasteiger partial charge in [-0.2, -0.15) is 4.31 Å². The zero-order chi connectivity index (χ0) is 36.9. The Morgan fingerprint density at radius 3 is 2.08 bits per heavy atom. The normalized spacial score (nSPS) is 16.8. The third-order valence-electron chi connectivity index (χ3n) is 9.85. The van der Waals surface area contributed by atoms with Gasteiger partial charge in [0.2, 0.25) is 10.0 Å². The first-order valence-corrected chi connectivity index (χ1v) is 18.6. The molecule has 0 aromatic heterocycles. The summed E-state index contributed by atoms with van der Waals surface area (Å²) in [6.07, 6.45) is 0.539. The SMILES string of the molecule is C[C@H]1CNC[C@@H](CCc2c(F)cccc2C(CCNC(=O)c2ccccc2O)(c2ccc(F)cc2)c2ccc(F)cc2)N1S(=O)(=O)c1ccccc1. The minimum Gasteiger partial charge on any atom is -0.507 e. The van der Waals surface area contributed by atoms with Gasteiger partial charge in [0, 0.05) is 37.1 Å². The van der Waals surface area contributed by atoms with E-state index in [1.165, 1.54) is 46.8 Å². The maximum atomic E-state index is 16.3. The Hall–Kier alpha value is -4.97. The number of sulfonamides is 1. The third kappa shape index (κ3) is 7.48. The predicted octanol–water partition coefficient (Wildman–Crippen LogP) is 6.95. The van der Waals surface area contributed by atoms with E-state index < -0.39 is 44.8 Å². The molecule has 11 heteroatoms. The summed E-state index contributed by atoms with van der Waals surface area (Å²) in [5.41, 5.74) is 0.818. The van der Waals surface area contributed by atoms with Gasteiger partial charge in [0.1, 0.15) is 23.2 Å². The number of para-hydroxylation sites is 1. The van der Waals surface area contributed by atoms with Crippen molar-refractivity contribution in [2.24, 2.45) is 0 Å². The van der Waals surface area contributed by atoms with Crippen LogP contribution < -0.4 is 10.6 Å². The number of nitrogens with zero attached hydrogens (tertiary/aromatic N) is 1. The highest BCUT2D eigenvalue weighted by Gasteiger charge is 2.41. The number of benzene rings is 5. The molecule has 7 nitrogen and oxygen atoms in total. The molecule has 1 aliphatic rings. The highest BCUT2D eigenvalue weighted by atomic mass is 32.2. The van der Waals surface area contributed by atoms with Crippen LogP contribution in [0.2, 0.25) is 0 Å². The quantitative estimate of drug-likeness (QED) is 0.121. The van der Waals surface area contributed by atoms with E-state index in [1.807, 2.05) is 6.92 Å². The number of piperazine rings is 1. The molecule has 0 spiro atoms. The summed E-state index contributed by atoms with van der Waals surface area (Å²) in [7, 11) is -3.88. The van der Waals surface area contributed by atoms with E-state index in [1.54, 1.807) is 78.9 Å². The summed E-state index contributed by atoms with van der Waals surface area (Å²) in [4.78, 5) is 13.4. The molecule has 1 aliphatic heterocycles. The fourth-order valence-corrected chi connectivity index (χ4v) is 9.26. The summed E-state index contributed by atoms with van der Waals surface area (Å²) in [6.45, 7) is 2.69. The van der Waals surface area contributed by atoms with Crippen molar-refractivity contribution in [3.05, 3.63) is 167 Å². The number of halogens is 3. The lowest BCUT2D eigenvalue weighted by Crippen LogP contribution is -2.58. The van der Waals surface area contributed by atoms with Crippen LogP contribution in [0.5, 0.6) is 5.75 Å². The van der Waals surface area contributed by atoms with Crippen molar-refractivity contribution >= 4 is 15.9 Å². The van der Waals surface area contributed by atoms with E-state index in [2.05, 4.69) is 10.6 Å². The lowest BCUT2D eigenvalue weighted by molar-refractivity contribution is 0.0949. The Morgan fingerprint density at radius 2 is 1.44 bits per heavy atom. The Balaban J connectivity index is 1.43. The van der Waals surface area contributed by atoms with E-state index in [-0.39, 0.29) is 48.1 Å². The summed E-state index contributed by atoms with van der Waals surface area (Å²) >= 11 is 0. The zero-order valence-corrected chi connectivity index (χ0v) is 29.4. The average Bonchev–Trinajstić information content (AvgIpc) is 3.14. The van der Waals surface area contributed by atoms with Gasteiger partial charge in [0.25, 0.3) is 5.91 Å². The number of phenols is 1. The molecule has 3 N–H and O–H groups in total. The maximum absolute atomic E-state index is 16.3. The van der Waals surface area contributed by atoms with Crippen LogP contribution in [0.3, 0.4) is 0 Å². The largest absolute Gasteiger partial charge is 0.507 e. The summed E-state index contributed by atoms with van der Waals surface area (Å²) in [6, 6.07) is 29.8. The number of amides is 1. The standard InChI is InChI=1S/C41H40F3N3O4S/c1-28-26-45-27-33(47(28)52(50,51)34-8-3-2-4-9-34)22-23-35-37(11-7-12-38(35)44)41(29-14-18-31(42)19-15-29,30-16-20-32(43)21-17-30)24-25-46-40(49)36-10-5-6-13-39(36)48/h2-21,28,33,45,48H,22-27H2,1H3,(H,46,49)/t28-,33+/m0/s1. The van der Waals surface area contributed by atoms with E-state index in [0.717, 1.165) is 0 Å². The number of phenolic OH excluding ortho intramolecular Hbond substituents is 1. The lowest BCUT2D eigenvalue weighted by atomic mass is 9.65. The molecule has 0 aliphatic carbocycles. The first-order chi connectivity index (χ1) is 25.0. The molecule has 1 fully saturated rings. The van der Waals surface area contributed by atoms with E-state index in [9.17, 15) is 27.1 Å². The van der Waals surface area contributed by atoms with Gasteiger partial charge in [-0.15, -0.1) is 0 Å². The van der Waals surface area contributed by atoms with Crippen LogP contribution >= 0.6 is 0 Å². The van der Waals surface area contributed by atoms with Crippen LogP contribution in [0.4, 0.5) is 13.2 Å². The fraction of sp³-hybridized carbons (Fsp3) is 0.244. The van der Waals surface area contributed by atoms with Crippen molar-refractivity contribution in [2.45, 2.75) is 48.6 Å². The second-order valence-electron chi connectivity index (χ2n) is 13.1. The Morgan fingerprint density at radius 1 is 0.827 bits per heavy atom. The average molecular weight is 728 g/mol. The van der Waals surface area contributed by atoms with Gasteiger partial charge in [-0.1, -0.05) is 66.7 Å². The number of nitrogens with one attached hydrogen (secondary N) is 2. The smallest absolute Gasteiger partial charge is 0.255 e. The molecule has 0 radical (unpaired) electrons. The highest BCUT2D eigenvalue weighted by Crippen LogP contribution is 2.45. The molecule has 0 bridgehead atoms. The molecule has 5 aromatic rings. The topological polar surface area (TPSA) is 98.7 Å². The molecule has 0 unspecified atom stereocenters. The molecule has 1 saturated heterocycles. The third-order valence-corrected chi connectivity index (χ3v) is 11.9. The van der Waals surface area contributed by atoms with Crippen LogP contribution in [0.25, 0.3) is 0 Å². The molecular weight excluding hydrogens is 688 g/mol. The Labute approximate surface area is 302 Å². The number of hydrogen-bond acceptors (Lipinski definition) is 5. The number of hydrogen-bond donors (Lipinski definition) is 3. The van der Waals surface area contributed by atoms with Gasteiger partial charge >= 0.3 is 0 Å². The second-order valence-corrected chi connectivity index (χ2v) is 14.9. The van der Waals surface area contributed by atoms with E-state index in [4.69, 9.17) is 0 Å². The Bertz CT molecular complexity index is 2070. The van der Waals surface area contributed by atoms with Crippen molar-refractivity contribution < 1.29 is 31.5 Å². The van der Waals surface area contributed by atoms with Crippen LogP contribution in [0.15, 0.2) is 126 Å². The maximum Gasteiger partial charge on any atom is 0.255 e. The fourth-order valence-electron chi connectivity index (χ4n) is 7.39. The second kappa shape index (κ2) is 15.7. The molecule has 2 atom stereocenters. The van der Waals surface area contributed by atoms with Gasteiger partial charge in [-0.25, -0.2) is 21.6 Å². The minimum atomic E-state index is -3.88. The molecule has 6 rings (SSSR count). The van der Waals surface area contributed by atoms with Gasteiger partial charge in [-0.3, -0.25) is 4.79 Å². The molecule has 1 amide bonds. The van der Waals surface area contributed by atoms with Gasteiger partial charge in [0.15, 0.2) is 0 Å². The number of aromatic hydroxyl groups is 1. The van der Waals surface area contributed by atoms with Crippen molar-refractivity contribution in [2.75, 3.05) is 19.6 Å².